The van der Waals surface area contributed by atoms with Gasteiger partial charge in [0.2, 0.25) is 8.32 Å². The summed E-state index contributed by atoms with van der Waals surface area (Å²) in [6.45, 7) is 31.5. The standard InChI is InChI=1S/C27H52O4Si2/c1-17(2)33(18(3)4,19(5)6)30-23-16-20(7)24(26(28)29-13)25(22(9)21(23)8)31-32(14,15)27(10,11)12/h16-22H,1-15H3/t20-,21-,22+/m0/s1. The lowest BCUT2D eigenvalue weighted by Gasteiger charge is -2.44. The molecule has 0 aromatic heterocycles. The quantitative estimate of drug-likeness (QED) is 0.250. The highest BCUT2D eigenvalue weighted by atomic mass is 28.4. The minimum Gasteiger partial charge on any atom is -0.546 e. The van der Waals surface area contributed by atoms with Crippen LogP contribution >= 0.6 is 0 Å². The molecule has 6 heteroatoms. The normalized spacial score (nSPS) is 23.1. The topological polar surface area (TPSA) is 44.8 Å². The predicted molar refractivity (Wildman–Crippen MR) is 145 cm³/mol. The second kappa shape index (κ2) is 10.7. The number of rotatable bonds is 8. The molecule has 0 heterocycles. The van der Waals surface area contributed by atoms with E-state index in [0.717, 1.165) is 11.5 Å². The van der Waals surface area contributed by atoms with Crippen molar-refractivity contribution < 1.29 is 18.4 Å². The van der Waals surface area contributed by atoms with Crippen molar-refractivity contribution in [1.82, 2.24) is 0 Å². The van der Waals surface area contributed by atoms with Crippen LogP contribution in [-0.4, -0.2) is 29.7 Å². The van der Waals surface area contributed by atoms with E-state index in [1.807, 2.05) is 0 Å². The third-order valence-electron chi connectivity index (χ3n) is 8.33. The van der Waals surface area contributed by atoms with Gasteiger partial charge in [-0.2, -0.15) is 0 Å². The summed E-state index contributed by atoms with van der Waals surface area (Å²) in [6, 6.07) is 0. The largest absolute Gasteiger partial charge is 0.546 e. The second-order valence-electron chi connectivity index (χ2n) is 12.5. The van der Waals surface area contributed by atoms with E-state index >= 15 is 0 Å². The zero-order chi connectivity index (χ0) is 26.1. The Kier molecular flexibility index (Phi) is 9.75. The minimum absolute atomic E-state index is 0.0163. The fraction of sp³-hybridized carbons (Fsp3) is 0.815. The van der Waals surface area contributed by atoms with Crippen LogP contribution in [-0.2, 0) is 18.4 Å². The molecule has 33 heavy (non-hydrogen) atoms. The molecular weight excluding hydrogens is 444 g/mol. The number of esters is 1. The predicted octanol–water partition coefficient (Wildman–Crippen LogP) is 8.43. The highest BCUT2D eigenvalue weighted by Gasteiger charge is 2.49. The minimum atomic E-state index is -2.16. The summed E-state index contributed by atoms with van der Waals surface area (Å²) in [7, 11) is -2.83. The molecule has 0 fully saturated rings. The zero-order valence-electron chi connectivity index (χ0n) is 24.2. The number of hydrogen-bond donors (Lipinski definition) is 0. The van der Waals surface area contributed by atoms with Crippen LogP contribution in [0.5, 0.6) is 0 Å². The first-order valence-corrected chi connectivity index (χ1v) is 17.8. The van der Waals surface area contributed by atoms with Crippen LogP contribution in [0, 0.1) is 17.8 Å². The Morgan fingerprint density at radius 3 is 1.70 bits per heavy atom. The van der Waals surface area contributed by atoms with Gasteiger partial charge in [0.15, 0.2) is 0 Å². The van der Waals surface area contributed by atoms with Gasteiger partial charge in [0.25, 0.3) is 8.32 Å². The maximum atomic E-state index is 13.0. The van der Waals surface area contributed by atoms with Crippen molar-refractivity contribution >= 4 is 22.6 Å². The molecule has 0 N–H and O–H groups in total. The van der Waals surface area contributed by atoms with Crippen LogP contribution in [0.2, 0.25) is 34.8 Å². The fourth-order valence-electron chi connectivity index (χ4n) is 5.08. The zero-order valence-corrected chi connectivity index (χ0v) is 26.2. The molecule has 0 saturated carbocycles. The summed E-state index contributed by atoms with van der Waals surface area (Å²) in [4.78, 5) is 13.0. The number of allylic oxidation sites excluding steroid dienone is 3. The Hall–Kier alpha value is -1.02. The lowest BCUT2D eigenvalue weighted by molar-refractivity contribution is -0.136. The van der Waals surface area contributed by atoms with E-state index < -0.39 is 16.6 Å². The number of carbonyl (C=O) groups is 1. The highest BCUT2D eigenvalue weighted by Crippen LogP contribution is 2.48. The van der Waals surface area contributed by atoms with Crippen LogP contribution < -0.4 is 0 Å². The second-order valence-corrected chi connectivity index (χ2v) is 22.6. The average Bonchev–Trinajstić information content (AvgIpc) is 2.74. The Balaban J connectivity index is 3.65. The maximum Gasteiger partial charge on any atom is 0.337 e. The molecule has 4 nitrogen and oxygen atoms in total. The summed E-state index contributed by atoms with van der Waals surface area (Å²) >= 11 is 0. The van der Waals surface area contributed by atoms with E-state index in [2.05, 4.69) is 102 Å². The molecule has 0 radical (unpaired) electrons. The van der Waals surface area contributed by atoms with Crippen LogP contribution in [0.15, 0.2) is 23.2 Å². The van der Waals surface area contributed by atoms with Crippen molar-refractivity contribution in [3.05, 3.63) is 23.2 Å². The molecule has 3 atom stereocenters. The smallest absolute Gasteiger partial charge is 0.337 e. The molecule has 1 aliphatic carbocycles. The fourth-order valence-corrected chi connectivity index (χ4v) is 11.6. The molecular formula is C27H52O4Si2. The molecule has 1 rings (SSSR count). The van der Waals surface area contributed by atoms with Crippen molar-refractivity contribution in [2.24, 2.45) is 17.8 Å². The number of carbonyl (C=O) groups excluding carboxylic acids is 1. The van der Waals surface area contributed by atoms with E-state index in [0.29, 0.717) is 22.2 Å². The molecule has 0 bridgehead atoms. The third-order valence-corrected chi connectivity index (χ3v) is 18.7. The first kappa shape index (κ1) is 30.0. The summed E-state index contributed by atoms with van der Waals surface area (Å²) in [5, 5.41) is 0.0293. The Labute approximate surface area is 206 Å². The van der Waals surface area contributed by atoms with Gasteiger partial charge in [0.1, 0.15) is 0 Å². The van der Waals surface area contributed by atoms with Crippen molar-refractivity contribution in [3.63, 3.8) is 0 Å². The summed E-state index contributed by atoms with van der Waals surface area (Å²) in [6.07, 6.45) is 2.17. The summed E-state index contributed by atoms with van der Waals surface area (Å²) < 4.78 is 19.3. The van der Waals surface area contributed by atoms with Crippen molar-refractivity contribution in [3.8, 4) is 0 Å². The molecule has 0 amide bonds. The highest BCUT2D eigenvalue weighted by molar-refractivity contribution is 6.78. The van der Waals surface area contributed by atoms with Gasteiger partial charge in [-0.1, -0.05) is 83.1 Å². The molecule has 0 aliphatic heterocycles. The van der Waals surface area contributed by atoms with E-state index in [4.69, 9.17) is 13.6 Å². The Morgan fingerprint density at radius 2 is 1.33 bits per heavy atom. The molecule has 192 valence electrons. The van der Waals surface area contributed by atoms with Gasteiger partial charge in [-0.3, -0.25) is 0 Å². The van der Waals surface area contributed by atoms with Gasteiger partial charge in [0, 0.05) is 17.8 Å². The van der Waals surface area contributed by atoms with Gasteiger partial charge in [-0.25, -0.2) is 4.79 Å². The van der Waals surface area contributed by atoms with Crippen LogP contribution in [0.1, 0.15) is 83.1 Å². The Bertz CT molecular complexity index is 735. The summed E-state index contributed by atoms with van der Waals surface area (Å²) in [5.41, 5.74) is 2.09. The average molecular weight is 497 g/mol. The molecule has 0 aromatic carbocycles. The van der Waals surface area contributed by atoms with Crippen LogP contribution in [0.25, 0.3) is 0 Å². The van der Waals surface area contributed by atoms with E-state index in [-0.39, 0.29) is 28.8 Å². The van der Waals surface area contributed by atoms with Crippen molar-refractivity contribution in [2.75, 3.05) is 7.11 Å². The third kappa shape index (κ3) is 5.98. The number of hydrogen-bond acceptors (Lipinski definition) is 4. The van der Waals surface area contributed by atoms with E-state index in [9.17, 15) is 4.79 Å². The molecule has 0 spiro atoms. The summed E-state index contributed by atoms with van der Waals surface area (Å²) in [5.74, 6) is 1.51. The van der Waals surface area contributed by atoms with Gasteiger partial charge in [-0.15, -0.1) is 0 Å². The molecule has 0 aromatic rings. The molecule has 0 saturated heterocycles. The lowest BCUT2D eigenvalue weighted by Crippen LogP contribution is -2.48. The first-order valence-electron chi connectivity index (χ1n) is 12.8. The van der Waals surface area contributed by atoms with Gasteiger partial charge >= 0.3 is 5.97 Å². The van der Waals surface area contributed by atoms with Gasteiger partial charge in [0.05, 0.1) is 24.2 Å². The lowest BCUT2D eigenvalue weighted by atomic mass is 9.91. The number of ether oxygens (including phenoxy) is 1. The van der Waals surface area contributed by atoms with Gasteiger partial charge in [-0.05, 0) is 40.8 Å². The maximum absolute atomic E-state index is 13.0. The van der Waals surface area contributed by atoms with E-state index in [1.165, 1.54) is 7.11 Å². The SMILES string of the molecule is COC(=O)C1=C(O[Si](C)(C)C(C)(C)C)[C@H](C)[C@H](C)C(O[Si](C(C)C)(C(C)C)C(C)C)=C[C@@H]1C. The van der Waals surface area contributed by atoms with Crippen LogP contribution in [0.3, 0.4) is 0 Å². The molecule has 1 aliphatic rings. The van der Waals surface area contributed by atoms with E-state index in [1.54, 1.807) is 0 Å². The Morgan fingerprint density at radius 1 is 0.879 bits per heavy atom. The monoisotopic (exact) mass is 496 g/mol. The van der Waals surface area contributed by atoms with Crippen LogP contribution in [0.4, 0.5) is 0 Å². The van der Waals surface area contributed by atoms with Gasteiger partial charge < -0.3 is 13.6 Å². The first-order chi connectivity index (χ1) is 14.8. The van der Waals surface area contributed by atoms with Crippen molar-refractivity contribution in [1.29, 1.82) is 0 Å². The molecule has 0 unspecified atom stereocenters. The number of methoxy groups -OCH3 is 1. The van der Waals surface area contributed by atoms with Crippen molar-refractivity contribution in [2.45, 2.75) is 118 Å².